The van der Waals surface area contributed by atoms with Gasteiger partial charge in [-0.05, 0) is 18.6 Å². The Morgan fingerprint density at radius 3 is 3.05 bits per heavy atom. The number of nitrogens with zero attached hydrogens (tertiary/aromatic N) is 4. The van der Waals surface area contributed by atoms with E-state index in [2.05, 4.69) is 33.3 Å². The molecule has 0 atom stereocenters. The van der Waals surface area contributed by atoms with Crippen molar-refractivity contribution in [2.75, 3.05) is 11.9 Å². The lowest BCUT2D eigenvalue weighted by Gasteiger charge is -2.19. The number of hydrogen-bond donors (Lipinski definition) is 1. The fourth-order valence-electron chi connectivity index (χ4n) is 2.32. The molecule has 2 aromatic rings. The number of hydrogen-bond acceptors (Lipinski definition) is 5. The maximum atomic E-state index is 4.63. The first kappa shape index (κ1) is 12.0. The smallest absolute Gasteiger partial charge is 0.229 e. The molecule has 3 rings (SSSR count). The topological polar surface area (TPSA) is 53.9 Å². The summed E-state index contributed by atoms with van der Waals surface area (Å²) in [7, 11) is 1.99. The fourth-order valence-corrected chi connectivity index (χ4v) is 2.32. The Kier molecular flexibility index (Phi) is 3.13. The Bertz CT molecular complexity index is 596. The summed E-state index contributed by atoms with van der Waals surface area (Å²) >= 11 is 0. The van der Waals surface area contributed by atoms with Crippen molar-refractivity contribution in [1.82, 2.24) is 20.3 Å². The zero-order chi connectivity index (χ0) is 13.2. The molecular formula is C14H17N5. The van der Waals surface area contributed by atoms with E-state index in [1.807, 2.05) is 30.4 Å². The molecule has 0 saturated heterocycles. The van der Waals surface area contributed by atoms with Crippen LogP contribution in [0.3, 0.4) is 0 Å². The third kappa shape index (κ3) is 2.17. The normalized spacial score (nSPS) is 13.4. The van der Waals surface area contributed by atoms with E-state index < -0.39 is 0 Å². The van der Waals surface area contributed by atoms with Gasteiger partial charge in [0.1, 0.15) is 0 Å². The maximum Gasteiger partial charge on any atom is 0.229 e. The molecule has 2 aromatic heterocycles. The van der Waals surface area contributed by atoms with E-state index >= 15 is 0 Å². The van der Waals surface area contributed by atoms with E-state index in [9.17, 15) is 0 Å². The third-order valence-corrected chi connectivity index (χ3v) is 3.41. The van der Waals surface area contributed by atoms with Gasteiger partial charge in [-0.2, -0.15) is 0 Å². The average Bonchev–Trinajstić information content (AvgIpc) is 2.93. The van der Waals surface area contributed by atoms with E-state index in [1.165, 1.54) is 5.56 Å². The monoisotopic (exact) mass is 255 g/mol. The molecule has 0 amide bonds. The van der Waals surface area contributed by atoms with Crippen LogP contribution in [0, 0.1) is 0 Å². The molecule has 5 heteroatoms. The van der Waals surface area contributed by atoms with Gasteiger partial charge in [-0.15, -0.1) is 0 Å². The Morgan fingerprint density at radius 2 is 2.21 bits per heavy atom. The minimum Gasteiger partial charge on any atom is -0.312 e. The third-order valence-electron chi connectivity index (χ3n) is 3.41. The van der Waals surface area contributed by atoms with Gasteiger partial charge in [0.2, 0.25) is 5.95 Å². The van der Waals surface area contributed by atoms with Gasteiger partial charge in [-0.25, -0.2) is 9.97 Å². The molecule has 0 saturated carbocycles. The van der Waals surface area contributed by atoms with Crippen molar-refractivity contribution in [1.29, 1.82) is 0 Å². The van der Waals surface area contributed by atoms with Crippen molar-refractivity contribution in [2.45, 2.75) is 26.4 Å². The van der Waals surface area contributed by atoms with Crippen LogP contribution >= 0.6 is 0 Å². The van der Waals surface area contributed by atoms with Crippen molar-refractivity contribution in [3.63, 3.8) is 0 Å². The van der Waals surface area contributed by atoms with Crippen LogP contribution in [0.4, 0.5) is 11.6 Å². The molecule has 0 unspecified atom stereocenters. The SMILES string of the molecule is CCc1ncccc1N(C)c1ncc2c(n1)CNC2. The molecule has 98 valence electrons. The first-order chi connectivity index (χ1) is 9.29. The standard InChI is InChI=1S/C14H17N5/c1-3-11-13(5-4-6-16-11)19(2)14-17-8-10-7-15-9-12(10)18-14/h4-6,8,15H,3,7,9H2,1-2H3. The van der Waals surface area contributed by atoms with Gasteiger partial charge in [0, 0.05) is 38.1 Å². The van der Waals surface area contributed by atoms with Gasteiger partial charge in [0.05, 0.1) is 17.1 Å². The molecule has 1 aliphatic heterocycles. The van der Waals surface area contributed by atoms with Crippen LogP contribution in [0.1, 0.15) is 23.9 Å². The molecule has 1 N–H and O–H groups in total. The number of fused-ring (bicyclic) bond motifs is 1. The highest BCUT2D eigenvalue weighted by molar-refractivity contribution is 5.59. The summed E-state index contributed by atoms with van der Waals surface area (Å²) in [6.07, 6.45) is 4.63. The molecule has 0 bridgehead atoms. The molecule has 0 aromatic carbocycles. The molecule has 0 fully saturated rings. The Morgan fingerprint density at radius 1 is 1.32 bits per heavy atom. The minimum atomic E-state index is 0.727. The molecule has 19 heavy (non-hydrogen) atoms. The van der Waals surface area contributed by atoms with Crippen molar-refractivity contribution < 1.29 is 0 Å². The second-order valence-electron chi connectivity index (χ2n) is 4.63. The van der Waals surface area contributed by atoms with Crippen LogP contribution in [0.2, 0.25) is 0 Å². The summed E-state index contributed by atoms with van der Waals surface area (Å²) < 4.78 is 0. The van der Waals surface area contributed by atoms with E-state index in [4.69, 9.17) is 0 Å². The van der Waals surface area contributed by atoms with E-state index in [0.29, 0.717) is 0 Å². The Balaban J connectivity index is 1.97. The van der Waals surface area contributed by atoms with Crippen molar-refractivity contribution in [3.8, 4) is 0 Å². The van der Waals surface area contributed by atoms with E-state index in [0.717, 1.165) is 42.5 Å². The first-order valence-corrected chi connectivity index (χ1v) is 6.52. The lowest BCUT2D eigenvalue weighted by atomic mass is 10.2. The largest absolute Gasteiger partial charge is 0.312 e. The molecule has 5 nitrogen and oxygen atoms in total. The highest BCUT2D eigenvalue weighted by atomic mass is 15.2. The van der Waals surface area contributed by atoms with Gasteiger partial charge < -0.3 is 10.2 Å². The van der Waals surface area contributed by atoms with Crippen LogP contribution in [0.25, 0.3) is 0 Å². The van der Waals surface area contributed by atoms with Gasteiger partial charge >= 0.3 is 0 Å². The minimum absolute atomic E-state index is 0.727. The van der Waals surface area contributed by atoms with Crippen molar-refractivity contribution >= 4 is 11.6 Å². The van der Waals surface area contributed by atoms with Crippen LogP contribution in [-0.4, -0.2) is 22.0 Å². The zero-order valence-corrected chi connectivity index (χ0v) is 11.2. The van der Waals surface area contributed by atoms with Gasteiger partial charge in [0.25, 0.3) is 0 Å². The second kappa shape index (κ2) is 4.93. The number of anilines is 2. The quantitative estimate of drug-likeness (QED) is 0.906. The lowest BCUT2D eigenvalue weighted by Crippen LogP contribution is -2.16. The number of pyridine rings is 1. The second-order valence-corrected chi connectivity index (χ2v) is 4.63. The van der Waals surface area contributed by atoms with Crippen molar-refractivity contribution in [3.05, 3.63) is 41.5 Å². The summed E-state index contributed by atoms with van der Waals surface area (Å²) in [5.74, 6) is 0.727. The highest BCUT2D eigenvalue weighted by Gasteiger charge is 2.16. The average molecular weight is 255 g/mol. The molecule has 0 radical (unpaired) electrons. The summed E-state index contributed by atoms with van der Waals surface area (Å²) in [6, 6.07) is 4.00. The van der Waals surface area contributed by atoms with Crippen LogP contribution in [0.15, 0.2) is 24.5 Å². The fraction of sp³-hybridized carbons (Fsp3) is 0.357. The predicted molar refractivity (Wildman–Crippen MR) is 74.3 cm³/mol. The van der Waals surface area contributed by atoms with Gasteiger partial charge in [-0.1, -0.05) is 6.92 Å². The lowest BCUT2D eigenvalue weighted by molar-refractivity contribution is 0.757. The number of rotatable bonds is 3. The Labute approximate surface area is 112 Å². The molecule has 0 aliphatic carbocycles. The predicted octanol–water partition coefficient (Wildman–Crippen LogP) is 1.81. The summed E-state index contributed by atoms with van der Waals surface area (Å²) in [5, 5.41) is 3.28. The first-order valence-electron chi connectivity index (χ1n) is 6.52. The summed E-state index contributed by atoms with van der Waals surface area (Å²) in [4.78, 5) is 15.5. The van der Waals surface area contributed by atoms with Crippen LogP contribution in [-0.2, 0) is 19.5 Å². The maximum absolute atomic E-state index is 4.63. The Hall–Kier alpha value is -2.01. The molecule has 1 aliphatic rings. The van der Waals surface area contributed by atoms with Crippen LogP contribution in [0.5, 0.6) is 0 Å². The van der Waals surface area contributed by atoms with Gasteiger partial charge in [0.15, 0.2) is 0 Å². The number of aromatic nitrogens is 3. The summed E-state index contributed by atoms with van der Waals surface area (Å²) in [5.41, 5.74) is 4.42. The van der Waals surface area contributed by atoms with Crippen molar-refractivity contribution in [2.24, 2.45) is 0 Å². The van der Waals surface area contributed by atoms with Crippen LogP contribution < -0.4 is 10.2 Å². The van der Waals surface area contributed by atoms with E-state index in [-0.39, 0.29) is 0 Å². The zero-order valence-electron chi connectivity index (χ0n) is 11.2. The van der Waals surface area contributed by atoms with E-state index in [1.54, 1.807) is 0 Å². The molecule has 0 spiro atoms. The molecule has 3 heterocycles. The highest BCUT2D eigenvalue weighted by Crippen LogP contribution is 2.24. The number of nitrogens with one attached hydrogen (secondary N) is 1. The number of aryl methyl sites for hydroxylation is 1. The summed E-state index contributed by atoms with van der Waals surface area (Å²) in [6.45, 7) is 3.80. The van der Waals surface area contributed by atoms with Gasteiger partial charge in [-0.3, -0.25) is 4.98 Å². The molecular weight excluding hydrogens is 238 g/mol.